The van der Waals surface area contributed by atoms with Gasteiger partial charge in [0.15, 0.2) is 0 Å². The molecule has 0 bridgehead atoms. The zero-order valence-corrected chi connectivity index (χ0v) is 17.8. The van der Waals surface area contributed by atoms with Crippen LogP contribution in [-0.4, -0.2) is 62.5 Å². The van der Waals surface area contributed by atoms with E-state index in [-0.39, 0.29) is 12.6 Å². The number of hydrogen-bond donors (Lipinski definition) is 0. The van der Waals surface area contributed by atoms with Gasteiger partial charge in [-0.25, -0.2) is 9.59 Å². The van der Waals surface area contributed by atoms with Crippen molar-refractivity contribution in [2.24, 2.45) is 0 Å². The van der Waals surface area contributed by atoms with Gasteiger partial charge in [0.2, 0.25) is 5.82 Å². The zero-order valence-electron chi connectivity index (χ0n) is 17.8. The number of nitrogens with zero attached hydrogens (tertiary/aromatic N) is 5. The Kier molecular flexibility index (Phi) is 7.30. The lowest BCUT2D eigenvalue weighted by Gasteiger charge is -2.27. The Hall–Kier alpha value is -2.97. The Labute approximate surface area is 171 Å². The number of amides is 1. The second kappa shape index (κ2) is 9.49. The van der Waals surface area contributed by atoms with E-state index in [1.54, 1.807) is 20.8 Å². The highest BCUT2D eigenvalue weighted by atomic mass is 16.6. The minimum Gasteiger partial charge on any atom is -0.467 e. The Morgan fingerprint density at radius 1 is 1.14 bits per heavy atom. The number of esters is 1. The molecule has 1 aromatic carbocycles. The zero-order chi connectivity index (χ0) is 21.6. The molecular formula is C20H29N5O4. The summed E-state index contributed by atoms with van der Waals surface area (Å²) in [6, 6.07) is 8.42. The standard InChI is InChI=1S/C18H23N5O4.C2H6/c1-18(2,3)27-17(25)22-11-13(10-14(22)16(24)26-4)23-20-15(19-21-23)12-8-6-5-7-9-12;1-2/h5-9,13-14H,10-11H2,1-4H3;1-2H3. The Bertz CT molecular complexity index is 816. The van der Waals surface area contributed by atoms with Crippen LogP contribution in [0.1, 0.15) is 47.1 Å². The third-order valence-electron chi connectivity index (χ3n) is 4.17. The van der Waals surface area contributed by atoms with Crippen LogP contribution in [0.25, 0.3) is 11.4 Å². The molecule has 0 aliphatic carbocycles. The van der Waals surface area contributed by atoms with Crippen LogP contribution in [-0.2, 0) is 14.3 Å². The van der Waals surface area contributed by atoms with Crippen LogP contribution in [0.3, 0.4) is 0 Å². The predicted molar refractivity (Wildman–Crippen MR) is 107 cm³/mol. The molecule has 3 rings (SSSR count). The molecule has 9 nitrogen and oxygen atoms in total. The number of likely N-dealkylation sites (tertiary alicyclic amines) is 1. The number of methoxy groups -OCH3 is 1. The maximum atomic E-state index is 12.5. The number of carbonyl (C=O) groups is 2. The molecule has 2 aromatic rings. The van der Waals surface area contributed by atoms with E-state index in [1.807, 2.05) is 44.2 Å². The fraction of sp³-hybridized carbons (Fsp3) is 0.550. The van der Waals surface area contributed by atoms with Gasteiger partial charge in [-0.15, -0.1) is 10.2 Å². The highest BCUT2D eigenvalue weighted by molar-refractivity contribution is 5.82. The van der Waals surface area contributed by atoms with Crippen molar-refractivity contribution in [3.8, 4) is 11.4 Å². The van der Waals surface area contributed by atoms with Gasteiger partial charge in [-0.05, 0) is 26.0 Å². The Morgan fingerprint density at radius 2 is 1.79 bits per heavy atom. The molecule has 29 heavy (non-hydrogen) atoms. The third-order valence-corrected chi connectivity index (χ3v) is 4.17. The SMILES string of the molecule is CC.COC(=O)C1CC(n2nnc(-c3ccccc3)n2)CN1C(=O)OC(C)(C)C. The monoisotopic (exact) mass is 403 g/mol. The summed E-state index contributed by atoms with van der Waals surface area (Å²) in [6.07, 6.45) is -0.236. The molecule has 9 heteroatoms. The lowest BCUT2D eigenvalue weighted by molar-refractivity contribution is -0.145. The van der Waals surface area contributed by atoms with Gasteiger partial charge in [0.25, 0.3) is 0 Å². The van der Waals surface area contributed by atoms with E-state index in [0.717, 1.165) is 5.56 Å². The second-order valence-electron chi connectivity index (χ2n) is 7.36. The van der Waals surface area contributed by atoms with Crippen LogP contribution >= 0.6 is 0 Å². The van der Waals surface area contributed by atoms with Crippen molar-refractivity contribution >= 4 is 12.1 Å². The first kappa shape index (κ1) is 22.3. The lowest BCUT2D eigenvalue weighted by Crippen LogP contribution is -2.43. The van der Waals surface area contributed by atoms with Crippen molar-refractivity contribution < 1.29 is 19.1 Å². The van der Waals surface area contributed by atoms with Crippen molar-refractivity contribution in [3.63, 3.8) is 0 Å². The molecule has 1 aliphatic heterocycles. The van der Waals surface area contributed by atoms with Crippen LogP contribution in [0.2, 0.25) is 0 Å². The highest BCUT2D eigenvalue weighted by Crippen LogP contribution is 2.29. The van der Waals surface area contributed by atoms with Gasteiger partial charge < -0.3 is 9.47 Å². The lowest BCUT2D eigenvalue weighted by atomic mass is 10.2. The molecule has 2 unspecified atom stereocenters. The van der Waals surface area contributed by atoms with Crippen molar-refractivity contribution in [1.82, 2.24) is 25.1 Å². The van der Waals surface area contributed by atoms with E-state index in [1.165, 1.54) is 16.8 Å². The first-order valence-electron chi connectivity index (χ1n) is 9.71. The van der Waals surface area contributed by atoms with Crippen LogP contribution in [0, 0.1) is 0 Å². The second-order valence-corrected chi connectivity index (χ2v) is 7.36. The van der Waals surface area contributed by atoms with Gasteiger partial charge in [0, 0.05) is 18.5 Å². The molecule has 1 aliphatic rings. The van der Waals surface area contributed by atoms with Gasteiger partial charge in [0.1, 0.15) is 11.6 Å². The van der Waals surface area contributed by atoms with Gasteiger partial charge >= 0.3 is 12.1 Å². The summed E-state index contributed by atoms with van der Waals surface area (Å²) in [5, 5.41) is 12.6. The molecule has 158 valence electrons. The molecule has 1 amide bonds. The predicted octanol–water partition coefficient (Wildman–Crippen LogP) is 3.09. The molecule has 0 N–H and O–H groups in total. The van der Waals surface area contributed by atoms with Crippen molar-refractivity contribution in [2.45, 2.75) is 58.7 Å². The van der Waals surface area contributed by atoms with E-state index in [0.29, 0.717) is 12.2 Å². The summed E-state index contributed by atoms with van der Waals surface area (Å²) >= 11 is 0. The number of tetrazole rings is 1. The molecule has 1 fully saturated rings. The molecular weight excluding hydrogens is 374 g/mol. The van der Waals surface area contributed by atoms with Crippen LogP contribution in [0.15, 0.2) is 30.3 Å². The molecule has 1 aromatic heterocycles. The number of aromatic nitrogens is 4. The maximum absolute atomic E-state index is 12.5. The Morgan fingerprint density at radius 3 is 2.38 bits per heavy atom. The van der Waals surface area contributed by atoms with Crippen LogP contribution in [0.5, 0.6) is 0 Å². The van der Waals surface area contributed by atoms with Crippen LogP contribution in [0.4, 0.5) is 4.79 Å². The van der Waals surface area contributed by atoms with E-state index in [2.05, 4.69) is 15.4 Å². The molecule has 0 saturated carbocycles. The van der Waals surface area contributed by atoms with Crippen molar-refractivity contribution in [2.75, 3.05) is 13.7 Å². The van der Waals surface area contributed by atoms with Crippen LogP contribution < -0.4 is 0 Å². The topological polar surface area (TPSA) is 99.4 Å². The molecule has 2 atom stereocenters. The minimum atomic E-state index is -0.749. The van der Waals surface area contributed by atoms with E-state index in [9.17, 15) is 9.59 Å². The quantitative estimate of drug-likeness (QED) is 0.726. The van der Waals surface area contributed by atoms with Crippen molar-refractivity contribution in [1.29, 1.82) is 0 Å². The first-order chi connectivity index (χ1) is 13.8. The Balaban J connectivity index is 0.00000145. The molecule has 1 saturated heterocycles. The summed E-state index contributed by atoms with van der Waals surface area (Å²) in [5.41, 5.74) is 0.178. The van der Waals surface area contributed by atoms with E-state index < -0.39 is 23.7 Å². The van der Waals surface area contributed by atoms with Gasteiger partial charge in [0.05, 0.1) is 13.2 Å². The summed E-state index contributed by atoms with van der Waals surface area (Å²) in [5.74, 6) is -0.00677. The number of ether oxygens (including phenoxy) is 2. The fourth-order valence-electron chi connectivity index (χ4n) is 2.95. The third kappa shape index (κ3) is 5.52. The number of hydrogen-bond acceptors (Lipinski definition) is 7. The average molecular weight is 403 g/mol. The maximum Gasteiger partial charge on any atom is 0.411 e. The summed E-state index contributed by atoms with van der Waals surface area (Å²) in [7, 11) is 1.30. The van der Waals surface area contributed by atoms with Gasteiger partial charge in [-0.2, -0.15) is 4.80 Å². The number of rotatable bonds is 3. The smallest absolute Gasteiger partial charge is 0.411 e. The van der Waals surface area contributed by atoms with Gasteiger partial charge in [-0.1, -0.05) is 44.2 Å². The van der Waals surface area contributed by atoms with Gasteiger partial charge in [-0.3, -0.25) is 4.90 Å². The molecule has 0 spiro atoms. The first-order valence-corrected chi connectivity index (χ1v) is 9.71. The largest absolute Gasteiger partial charge is 0.467 e. The normalized spacial score (nSPS) is 18.6. The summed E-state index contributed by atoms with van der Waals surface area (Å²) < 4.78 is 10.3. The summed E-state index contributed by atoms with van der Waals surface area (Å²) in [4.78, 5) is 27.5. The van der Waals surface area contributed by atoms with Crippen molar-refractivity contribution in [3.05, 3.63) is 30.3 Å². The fourth-order valence-corrected chi connectivity index (χ4v) is 2.95. The number of benzene rings is 1. The average Bonchev–Trinajstić information content (AvgIpc) is 3.36. The summed E-state index contributed by atoms with van der Waals surface area (Å²) in [6.45, 7) is 9.56. The van der Waals surface area contributed by atoms with E-state index in [4.69, 9.17) is 9.47 Å². The minimum absolute atomic E-state index is 0.235. The number of carbonyl (C=O) groups excluding carboxylic acids is 2. The molecule has 2 heterocycles. The molecule has 0 radical (unpaired) electrons. The highest BCUT2D eigenvalue weighted by Gasteiger charge is 2.43. The van der Waals surface area contributed by atoms with E-state index >= 15 is 0 Å².